The lowest BCUT2D eigenvalue weighted by molar-refractivity contribution is -0.135. The molecule has 1 atom stereocenters. The van der Waals surface area contributed by atoms with Gasteiger partial charge in [-0.15, -0.1) is 0 Å². The largest absolute Gasteiger partial charge is 0.325 e. The monoisotopic (exact) mass is 426 g/mol. The van der Waals surface area contributed by atoms with Crippen molar-refractivity contribution in [3.63, 3.8) is 0 Å². The summed E-state index contributed by atoms with van der Waals surface area (Å²) in [6, 6.07) is 9.04. The summed E-state index contributed by atoms with van der Waals surface area (Å²) in [5.41, 5.74) is 1.38. The Morgan fingerprint density at radius 3 is 2.42 bits per heavy atom. The molecule has 8 nitrogen and oxygen atoms in total. The van der Waals surface area contributed by atoms with Crippen molar-refractivity contribution in [2.45, 2.75) is 32.7 Å². The van der Waals surface area contributed by atoms with Crippen molar-refractivity contribution >= 4 is 29.6 Å². The van der Waals surface area contributed by atoms with Gasteiger partial charge in [0.05, 0.1) is 0 Å². The van der Waals surface area contributed by atoms with E-state index in [1.165, 1.54) is 24.3 Å². The van der Waals surface area contributed by atoms with Crippen LogP contribution in [0.15, 0.2) is 42.5 Å². The maximum absolute atomic E-state index is 13.3. The van der Waals surface area contributed by atoms with Crippen LogP contribution in [0, 0.1) is 19.7 Å². The second-order valence-corrected chi connectivity index (χ2v) is 7.34. The summed E-state index contributed by atoms with van der Waals surface area (Å²) in [6.45, 7) is 4.79. The lowest BCUT2D eigenvalue weighted by Gasteiger charge is -2.25. The van der Waals surface area contributed by atoms with Gasteiger partial charge in [-0.25, -0.2) is 14.0 Å². The molecule has 0 radical (unpaired) electrons. The zero-order chi connectivity index (χ0) is 22.8. The fourth-order valence-electron chi connectivity index (χ4n) is 3.49. The molecule has 6 amide bonds. The number of halogens is 1. The van der Waals surface area contributed by atoms with Crippen LogP contribution in [0.1, 0.15) is 30.0 Å². The third kappa shape index (κ3) is 4.25. The van der Waals surface area contributed by atoms with E-state index >= 15 is 0 Å². The highest BCUT2D eigenvalue weighted by Gasteiger charge is 2.51. The van der Waals surface area contributed by atoms with Crippen molar-refractivity contribution < 1.29 is 23.6 Å². The van der Waals surface area contributed by atoms with Crippen molar-refractivity contribution in [3.8, 4) is 0 Å². The molecule has 1 unspecified atom stereocenters. The molecule has 0 spiro atoms. The molecule has 9 heteroatoms. The normalized spacial score (nSPS) is 18.0. The number of rotatable bonds is 5. The van der Waals surface area contributed by atoms with Gasteiger partial charge in [-0.1, -0.05) is 31.2 Å². The highest BCUT2D eigenvalue weighted by atomic mass is 19.1. The summed E-state index contributed by atoms with van der Waals surface area (Å²) in [5.74, 6) is -1.94. The van der Waals surface area contributed by atoms with Crippen molar-refractivity contribution in [3.05, 3.63) is 65.0 Å². The van der Waals surface area contributed by atoms with Gasteiger partial charge in [0.2, 0.25) is 5.91 Å². The Morgan fingerprint density at radius 1 is 1.10 bits per heavy atom. The SMILES string of the molecule is CCC1(c2ccc(F)cc2)NC(=O)N(CC(=O)NC(=O)Nc2cccc(C)c2C)C1=O. The van der Waals surface area contributed by atoms with Gasteiger partial charge in [0.1, 0.15) is 17.9 Å². The lowest BCUT2D eigenvalue weighted by atomic mass is 9.87. The number of carbonyl (C=O) groups excluding carboxylic acids is 4. The molecule has 1 heterocycles. The molecular weight excluding hydrogens is 403 g/mol. The van der Waals surface area contributed by atoms with E-state index in [0.717, 1.165) is 16.0 Å². The van der Waals surface area contributed by atoms with E-state index in [4.69, 9.17) is 0 Å². The second kappa shape index (κ2) is 8.55. The maximum atomic E-state index is 13.3. The highest BCUT2D eigenvalue weighted by molar-refractivity contribution is 6.11. The molecule has 2 aromatic carbocycles. The van der Waals surface area contributed by atoms with Crippen LogP contribution in [-0.2, 0) is 15.1 Å². The molecule has 0 saturated carbocycles. The average molecular weight is 426 g/mol. The third-order valence-electron chi connectivity index (χ3n) is 5.45. The Labute approximate surface area is 178 Å². The topological polar surface area (TPSA) is 108 Å². The number of aryl methyl sites for hydroxylation is 1. The van der Waals surface area contributed by atoms with Crippen molar-refractivity contribution in [2.24, 2.45) is 0 Å². The minimum atomic E-state index is -1.40. The van der Waals surface area contributed by atoms with E-state index in [0.29, 0.717) is 11.3 Å². The standard InChI is InChI=1S/C22H23FN4O4/c1-4-22(15-8-10-16(23)11-9-15)19(29)27(21(31)26-22)12-18(28)25-20(30)24-17-7-5-6-13(2)14(17)3/h5-11H,4,12H2,1-3H3,(H,26,31)(H2,24,25,28,30). The van der Waals surface area contributed by atoms with Gasteiger partial charge in [-0.05, 0) is 55.2 Å². The van der Waals surface area contributed by atoms with Gasteiger partial charge in [-0.2, -0.15) is 0 Å². The summed E-state index contributed by atoms with van der Waals surface area (Å²) >= 11 is 0. The van der Waals surface area contributed by atoms with Gasteiger partial charge in [-0.3, -0.25) is 19.8 Å². The summed E-state index contributed by atoms with van der Waals surface area (Å²) < 4.78 is 13.3. The molecule has 0 aromatic heterocycles. The first-order chi connectivity index (χ1) is 14.7. The Hall–Kier alpha value is -3.75. The number of hydrogen-bond acceptors (Lipinski definition) is 4. The highest BCUT2D eigenvalue weighted by Crippen LogP contribution is 2.32. The molecule has 3 N–H and O–H groups in total. The van der Waals surface area contributed by atoms with Crippen LogP contribution in [0.5, 0.6) is 0 Å². The quantitative estimate of drug-likeness (QED) is 0.639. The molecule has 2 aromatic rings. The summed E-state index contributed by atoms with van der Waals surface area (Å²) in [7, 11) is 0. The van der Waals surface area contributed by atoms with E-state index < -0.39 is 41.8 Å². The van der Waals surface area contributed by atoms with Crippen LogP contribution < -0.4 is 16.0 Å². The third-order valence-corrected chi connectivity index (χ3v) is 5.45. The van der Waals surface area contributed by atoms with Crippen molar-refractivity contribution in [1.29, 1.82) is 0 Å². The van der Waals surface area contributed by atoms with Crippen LogP contribution in [-0.4, -0.2) is 35.3 Å². The Balaban J connectivity index is 1.69. The molecule has 1 fully saturated rings. The summed E-state index contributed by atoms with van der Waals surface area (Å²) in [4.78, 5) is 50.7. The first-order valence-corrected chi connectivity index (χ1v) is 9.75. The van der Waals surface area contributed by atoms with E-state index in [9.17, 15) is 23.6 Å². The number of hydrogen-bond donors (Lipinski definition) is 3. The molecule has 1 saturated heterocycles. The fraction of sp³-hybridized carbons (Fsp3) is 0.273. The first-order valence-electron chi connectivity index (χ1n) is 9.75. The maximum Gasteiger partial charge on any atom is 0.325 e. The zero-order valence-electron chi connectivity index (χ0n) is 17.4. The van der Waals surface area contributed by atoms with Crippen LogP contribution in [0.2, 0.25) is 0 Å². The summed E-state index contributed by atoms with van der Waals surface area (Å²) in [6.07, 6.45) is 0.203. The molecule has 162 valence electrons. The van der Waals surface area contributed by atoms with Gasteiger partial charge < -0.3 is 10.6 Å². The smallest absolute Gasteiger partial charge is 0.319 e. The molecular formula is C22H23FN4O4. The fourth-order valence-corrected chi connectivity index (χ4v) is 3.49. The molecule has 31 heavy (non-hydrogen) atoms. The van der Waals surface area contributed by atoms with Gasteiger partial charge >= 0.3 is 12.1 Å². The van der Waals surface area contributed by atoms with Crippen LogP contribution in [0.25, 0.3) is 0 Å². The number of carbonyl (C=O) groups is 4. The van der Waals surface area contributed by atoms with Crippen molar-refractivity contribution in [2.75, 3.05) is 11.9 Å². The van der Waals surface area contributed by atoms with E-state index in [-0.39, 0.29) is 6.42 Å². The Morgan fingerprint density at radius 2 is 1.77 bits per heavy atom. The number of nitrogens with one attached hydrogen (secondary N) is 3. The number of anilines is 1. The number of amides is 6. The van der Waals surface area contributed by atoms with E-state index in [1.54, 1.807) is 19.1 Å². The van der Waals surface area contributed by atoms with E-state index in [2.05, 4.69) is 16.0 Å². The predicted octanol–water partition coefficient (Wildman–Crippen LogP) is 2.95. The minimum absolute atomic E-state index is 0.203. The molecule has 3 rings (SSSR count). The number of benzene rings is 2. The first kappa shape index (κ1) is 21.9. The second-order valence-electron chi connectivity index (χ2n) is 7.34. The van der Waals surface area contributed by atoms with Crippen LogP contribution >= 0.6 is 0 Å². The van der Waals surface area contributed by atoms with Gasteiger partial charge in [0.25, 0.3) is 5.91 Å². The molecule has 0 bridgehead atoms. The summed E-state index contributed by atoms with van der Waals surface area (Å²) in [5, 5.41) is 7.30. The number of urea groups is 2. The molecule has 1 aliphatic rings. The number of imide groups is 2. The van der Waals surface area contributed by atoms with Crippen LogP contribution in [0.4, 0.5) is 19.7 Å². The van der Waals surface area contributed by atoms with Crippen molar-refractivity contribution in [1.82, 2.24) is 15.5 Å². The predicted molar refractivity (Wildman–Crippen MR) is 112 cm³/mol. The van der Waals surface area contributed by atoms with Gasteiger partial charge in [0.15, 0.2) is 0 Å². The van der Waals surface area contributed by atoms with E-state index in [1.807, 2.05) is 19.9 Å². The molecule has 1 aliphatic heterocycles. The lowest BCUT2D eigenvalue weighted by Crippen LogP contribution is -2.46. The zero-order valence-corrected chi connectivity index (χ0v) is 17.4. The average Bonchev–Trinajstić information content (AvgIpc) is 2.97. The van der Waals surface area contributed by atoms with Gasteiger partial charge in [0, 0.05) is 5.69 Å². The minimum Gasteiger partial charge on any atom is -0.319 e. The number of nitrogens with zero attached hydrogens (tertiary/aromatic N) is 1. The van der Waals surface area contributed by atoms with Crippen LogP contribution in [0.3, 0.4) is 0 Å². The molecule has 0 aliphatic carbocycles. The Kier molecular flexibility index (Phi) is 6.05. The Bertz CT molecular complexity index is 1050.